The molecule has 6 rings (SSSR count). The summed E-state index contributed by atoms with van der Waals surface area (Å²) >= 11 is 0. The van der Waals surface area contributed by atoms with Crippen molar-refractivity contribution in [2.75, 3.05) is 10.6 Å². The van der Waals surface area contributed by atoms with Crippen LogP contribution in [-0.4, -0.2) is 56.1 Å². The Bertz CT molecular complexity index is 1720. The van der Waals surface area contributed by atoms with Gasteiger partial charge in [0.2, 0.25) is 5.95 Å². The molecule has 5 aromatic rings. The molecule has 38 heavy (non-hydrogen) atoms. The van der Waals surface area contributed by atoms with Crippen molar-refractivity contribution in [2.24, 2.45) is 7.05 Å². The van der Waals surface area contributed by atoms with Crippen LogP contribution in [-0.2, 0) is 7.05 Å². The molecule has 192 valence electrons. The average Bonchev–Trinajstić information content (AvgIpc) is 3.55. The van der Waals surface area contributed by atoms with Crippen LogP contribution in [0.15, 0.2) is 64.8 Å². The second-order valence-corrected chi connectivity index (χ2v) is 9.33. The first-order valence-electron chi connectivity index (χ1n) is 12.2. The van der Waals surface area contributed by atoms with Gasteiger partial charge in [0.15, 0.2) is 5.65 Å². The predicted octanol–water partition coefficient (Wildman–Crippen LogP) is 1.60. The van der Waals surface area contributed by atoms with Gasteiger partial charge < -0.3 is 10.6 Å². The van der Waals surface area contributed by atoms with Gasteiger partial charge in [0.25, 0.3) is 5.56 Å². The van der Waals surface area contributed by atoms with Gasteiger partial charge in [0, 0.05) is 31.5 Å². The highest BCUT2D eigenvalue weighted by Gasteiger charge is 2.25. The molecule has 13 heteroatoms. The van der Waals surface area contributed by atoms with Crippen LogP contribution in [0.2, 0.25) is 0 Å². The van der Waals surface area contributed by atoms with Crippen molar-refractivity contribution < 1.29 is 0 Å². The van der Waals surface area contributed by atoms with Crippen molar-refractivity contribution in [2.45, 2.75) is 38.3 Å². The number of fused-ring (bicyclic) bond motifs is 1. The molecule has 0 unspecified atom stereocenters. The van der Waals surface area contributed by atoms with Gasteiger partial charge in [-0.25, -0.2) is 28.9 Å². The molecule has 5 heterocycles. The van der Waals surface area contributed by atoms with E-state index in [1.807, 2.05) is 6.92 Å². The molecule has 0 aromatic carbocycles. The Morgan fingerprint density at radius 3 is 2.45 bits per heavy atom. The second-order valence-electron chi connectivity index (χ2n) is 9.33. The minimum Gasteiger partial charge on any atom is -0.367 e. The number of hydrogen-bond acceptors (Lipinski definition) is 10. The monoisotopic (exact) mass is 511 g/mol. The molecule has 5 aromatic heterocycles. The van der Waals surface area contributed by atoms with Gasteiger partial charge in [-0.15, -0.1) is 5.10 Å². The number of aromatic nitrogens is 9. The van der Waals surface area contributed by atoms with E-state index in [9.17, 15) is 9.59 Å². The zero-order valence-electron chi connectivity index (χ0n) is 20.8. The number of nitrogens with zero attached hydrogens (tertiary/aromatic N) is 9. The van der Waals surface area contributed by atoms with E-state index in [4.69, 9.17) is 0 Å². The zero-order valence-corrected chi connectivity index (χ0v) is 20.8. The Labute approximate surface area is 216 Å². The predicted molar refractivity (Wildman–Crippen MR) is 141 cm³/mol. The van der Waals surface area contributed by atoms with Crippen molar-refractivity contribution >= 4 is 22.8 Å². The van der Waals surface area contributed by atoms with Crippen LogP contribution in [0.25, 0.3) is 22.4 Å². The number of nitrogens with one attached hydrogen (secondary N) is 2. The highest BCUT2D eigenvalue weighted by molar-refractivity contribution is 5.75. The van der Waals surface area contributed by atoms with Crippen LogP contribution >= 0.6 is 0 Å². The standard InChI is InChI=1S/C25H25N11O2/c1-15-11-28-24(33-32-15)31-17-6-5-16(10-17)30-21-8-7-18(12-27-21)36-23(37)20-4-3-9-26-22(20)35(25(36)38)19-13-29-34(2)14-19/h3-4,7-9,11-14,16-17H,5-6,10H2,1-2H3,(H,27,30)(H,28,31,33)/t16-,17-/m0/s1. The molecule has 1 aliphatic carbocycles. The third-order valence-electron chi connectivity index (χ3n) is 6.56. The lowest BCUT2D eigenvalue weighted by atomic mass is 10.2. The molecule has 1 saturated carbocycles. The fourth-order valence-electron chi connectivity index (χ4n) is 4.76. The Hall–Kier alpha value is -4.94. The molecule has 0 aliphatic heterocycles. The Morgan fingerprint density at radius 2 is 1.74 bits per heavy atom. The van der Waals surface area contributed by atoms with Crippen LogP contribution in [0.4, 0.5) is 11.8 Å². The lowest BCUT2D eigenvalue weighted by Crippen LogP contribution is -2.38. The Balaban J connectivity index is 1.25. The number of rotatable bonds is 6. The molecule has 2 N–H and O–H groups in total. The van der Waals surface area contributed by atoms with E-state index < -0.39 is 11.2 Å². The van der Waals surface area contributed by atoms with Crippen molar-refractivity contribution in [3.8, 4) is 11.4 Å². The smallest absolute Gasteiger partial charge is 0.342 e. The van der Waals surface area contributed by atoms with Crippen molar-refractivity contribution in [1.29, 1.82) is 0 Å². The highest BCUT2D eigenvalue weighted by atomic mass is 16.2. The molecule has 1 fully saturated rings. The quantitative estimate of drug-likeness (QED) is 0.344. The fraction of sp³-hybridized carbons (Fsp3) is 0.280. The first-order chi connectivity index (χ1) is 18.5. The maximum atomic E-state index is 13.6. The highest BCUT2D eigenvalue weighted by Crippen LogP contribution is 2.24. The molecule has 0 amide bonds. The SMILES string of the molecule is Cc1cnc(N[C@H]2CC[C@H](Nc3ccc(-n4c(=O)c5cccnc5n(-c5cnn(C)c5)c4=O)cn3)C2)nn1. The van der Waals surface area contributed by atoms with Gasteiger partial charge in [0.05, 0.1) is 41.0 Å². The largest absolute Gasteiger partial charge is 0.367 e. The van der Waals surface area contributed by atoms with E-state index in [1.165, 1.54) is 10.8 Å². The van der Waals surface area contributed by atoms with E-state index in [0.717, 1.165) is 29.5 Å². The van der Waals surface area contributed by atoms with Gasteiger partial charge in [-0.1, -0.05) is 0 Å². The topological polar surface area (TPSA) is 150 Å². The van der Waals surface area contributed by atoms with E-state index in [0.29, 0.717) is 28.5 Å². The Morgan fingerprint density at radius 1 is 0.895 bits per heavy atom. The molecule has 0 saturated heterocycles. The van der Waals surface area contributed by atoms with Crippen LogP contribution in [0, 0.1) is 6.92 Å². The summed E-state index contributed by atoms with van der Waals surface area (Å²) in [6.45, 7) is 1.85. The molecule has 13 nitrogen and oxygen atoms in total. The molecule has 0 spiro atoms. The van der Waals surface area contributed by atoms with Crippen LogP contribution in [0.5, 0.6) is 0 Å². The minimum absolute atomic E-state index is 0.210. The molecular formula is C25H25N11O2. The third-order valence-corrected chi connectivity index (χ3v) is 6.56. The van der Waals surface area contributed by atoms with Crippen LogP contribution in [0.3, 0.4) is 0 Å². The number of pyridine rings is 2. The Kier molecular flexibility index (Phi) is 5.86. The van der Waals surface area contributed by atoms with E-state index >= 15 is 0 Å². The summed E-state index contributed by atoms with van der Waals surface area (Å²) < 4.78 is 4.08. The summed E-state index contributed by atoms with van der Waals surface area (Å²) in [5.41, 5.74) is 0.915. The summed E-state index contributed by atoms with van der Waals surface area (Å²) in [6, 6.07) is 7.25. The number of hydrogen-bond donors (Lipinski definition) is 2. The van der Waals surface area contributed by atoms with Crippen LogP contribution in [0.1, 0.15) is 25.0 Å². The summed E-state index contributed by atoms with van der Waals surface area (Å²) in [5, 5.41) is 19.4. The van der Waals surface area contributed by atoms with Crippen molar-refractivity contribution in [3.63, 3.8) is 0 Å². The van der Waals surface area contributed by atoms with Crippen molar-refractivity contribution in [3.05, 3.63) is 81.8 Å². The first kappa shape index (κ1) is 23.5. The summed E-state index contributed by atoms with van der Waals surface area (Å²) in [4.78, 5) is 40.0. The maximum absolute atomic E-state index is 13.6. The number of anilines is 2. The van der Waals surface area contributed by atoms with Crippen LogP contribution < -0.4 is 21.9 Å². The maximum Gasteiger partial charge on any atom is 0.342 e. The van der Waals surface area contributed by atoms with Crippen molar-refractivity contribution in [1.82, 2.24) is 44.1 Å². The zero-order chi connectivity index (χ0) is 26.2. The van der Waals surface area contributed by atoms with Gasteiger partial charge in [-0.3, -0.25) is 9.48 Å². The molecule has 1 aliphatic rings. The molecule has 2 atom stereocenters. The summed E-state index contributed by atoms with van der Waals surface area (Å²) in [5.74, 6) is 1.19. The van der Waals surface area contributed by atoms with Gasteiger partial charge in [0.1, 0.15) is 5.82 Å². The average molecular weight is 512 g/mol. The van der Waals surface area contributed by atoms with Gasteiger partial charge in [-0.2, -0.15) is 10.2 Å². The second kappa shape index (κ2) is 9.50. The molecular weight excluding hydrogens is 486 g/mol. The third kappa shape index (κ3) is 4.38. The van der Waals surface area contributed by atoms with E-state index in [1.54, 1.807) is 60.8 Å². The van der Waals surface area contributed by atoms with E-state index in [-0.39, 0.29) is 17.7 Å². The lowest BCUT2D eigenvalue weighted by Gasteiger charge is -2.16. The fourth-order valence-corrected chi connectivity index (χ4v) is 4.76. The molecule has 0 radical (unpaired) electrons. The summed E-state index contributed by atoms with van der Waals surface area (Å²) in [6.07, 6.45) is 10.8. The molecule has 0 bridgehead atoms. The lowest BCUT2D eigenvalue weighted by molar-refractivity contribution is 0.712. The van der Waals surface area contributed by atoms with Gasteiger partial charge >= 0.3 is 5.69 Å². The number of aryl methyl sites for hydroxylation is 2. The normalized spacial score (nSPS) is 17.1. The summed E-state index contributed by atoms with van der Waals surface area (Å²) in [7, 11) is 1.76. The first-order valence-corrected chi connectivity index (χ1v) is 12.2. The minimum atomic E-state index is -0.547. The van der Waals surface area contributed by atoms with E-state index in [2.05, 4.69) is 40.9 Å². The van der Waals surface area contributed by atoms with Gasteiger partial charge in [-0.05, 0) is 50.5 Å².